The molecule has 126 valence electrons. The molecular weight excluding hydrogens is 348 g/mol. The molecule has 0 aliphatic rings. The summed E-state index contributed by atoms with van der Waals surface area (Å²) in [4.78, 5) is 8.56. The van der Waals surface area contributed by atoms with Crippen LogP contribution in [0.15, 0.2) is 36.7 Å². The van der Waals surface area contributed by atoms with Gasteiger partial charge in [0, 0.05) is 36.9 Å². The fraction of sp³-hybridized carbons (Fsp3) is 0.250. The molecule has 3 aromatic rings. The maximum atomic E-state index is 11.6. The molecule has 1 N–H and O–H groups in total. The lowest BCUT2D eigenvalue weighted by molar-refractivity contribution is 0.582. The van der Waals surface area contributed by atoms with E-state index in [0.717, 1.165) is 27.9 Å². The van der Waals surface area contributed by atoms with Crippen LogP contribution in [-0.2, 0) is 23.6 Å². The monoisotopic (exact) mass is 364 g/mol. The van der Waals surface area contributed by atoms with E-state index in [1.165, 1.54) is 0 Å². The number of hydrogen-bond donors (Lipinski definition) is 1. The zero-order chi connectivity index (χ0) is 17.3. The lowest BCUT2D eigenvalue weighted by atomic mass is 10.1. The highest BCUT2D eigenvalue weighted by molar-refractivity contribution is 7.89. The molecule has 0 aromatic carbocycles. The van der Waals surface area contributed by atoms with Gasteiger partial charge in [-0.3, -0.25) is 4.98 Å². The smallest absolute Gasteiger partial charge is 0.211 e. The van der Waals surface area contributed by atoms with Crippen LogP contribution in [0.1, 0.15) is 12.5 Å². The first kappa shape index (κ1) is 16.9. The Labute approximate surface area is 145 Å². The van der Waals surface area contributed by atoms with E-state index in [2.05, 4.69) is 14.7 Å². The van der Waals surface area contributed by atoms with Crippen LogP contribution in [-0.4, -0.2) is 28.7 Å². The summed E-state index contributed by atoms with van der Waals surface area (Å²) in [7, 11) is -1.33. The molecule has 0 saturated heterocycles. The van der Waals surface area contributed by atoms with Gasteiger partial charge in [-0.15, -0.1) is 0 Å². The fourth-order valence-corrected chi connectivity index (χ4v) is 3.21. The molecule has 6 nitrogen and oxygen atoms in total. The van der Waals surface area contributed by atoms with Crippen LogP contribution in [0.25, 0.3) is 22.3 Å². The van der Waals surface area contributed by atoms with E-state index in [0.29, 0.717) is 5.15 Å². The zero-order valence-corrected chi connectivity index (χ0v) is 14.9. The number of aromatic nitrogens is 3. The summed E-state index contributed by atoms with van der Waals surface area (Å²) in [5.74, 6) is 0.0513. The minimum atomic E-state index is -3.24. The van der Waals surface area contributed by atoms with Crippen molar-refractivity contribution >= 4 is 32.7 Å². The number of nitrogens with zero attached hydrogens (tertiary/aromatic N) is 3. The molecular formula is C16H17ClN4O2S. The molecule has 0 aliphatic carbocycles. The summed E-state index contributed by atoms with van der Waals surface area (Å²) in [6.45, 7) is 1.82. The van der Waals surface area contributed by atoms with Gasteiger partial charge >= 0.3 is 0 Å². The van der Waals surface area contributed by atoms with Crippen molar-refractivity contribution in [1.29, 1.82) is 0 Å². The predicted octanol–water partition coefficient (Wildman–Crippen LogP) is 2.73. The van der Waals surface area contributed by atoms with Crippen molar-refractivity contribution in [1.82, 2.24) is 19.3 Å². The molecule has 0 saturated carbocycles. The summed E-state index contributed by atoms with van der Waals surface area (Å²) in [5, 5.41) is 1.42. The third-order valence-corrected chi connectivity index (χ3v) is 5.36. The van der Waals surface area contributed by atoms with Crippen molar-refractivity contribution in [3.05, 3.63) is 47.4 Å². The maximum absolute atomic E-state index is 11.6. The number of pyridine rings is 2. The SMILES string of the molecule is CCS(=O)(=O)NCc1cncc(-c2cc3ccc(Cl)nc3n2C)c1. The van der Waals surface area contributed by atoms with Crippen molar-refractivity contribution in [3.63, 3.8) is 0 Å². The Morgan fingerprint density at radius 2 is 2.04 bits per heavy atom. The van der Waals surface area contributed by atoms with Gasteiger partial charge in [-0.2, -0.15) is 0 Å². The van der Waals surface area contributed by atoms with Crippen molar-refractivity contribution in [2.24, 2.45) is 7.05 Å². The molecule has 0 spiro atoms. The molecule has 3 heterocycles. The van der Waals surface area contributed by atoms with E-state index in [1.54, 1.807) is 25.4 Å². The van der Waals surface area contributed by atoms with Gasteiger partial charge < -0.3 is 4.57 Å². The zero-order valence-electron chi connectivity index (χ0n) is 13.3. The van der Waals surface area contributed by atoms with E-state index in [-0.39, 0.29) is 12.3 Å². The summed E-state index contributed by atoms with van der Waals surface area (Å²) < 4.78 is 27.6. The van der Waals surface area contributed by atoms with E-state index in [4.69, 9.17) is 11.6 Å². The standard InChI is InChI=1S/C16H17ClN4O2S/c1-3-24(22,23)19-9-11-6-13(10-18-8-11)14-7-12-4-5-15(17)20-16(12)21(14)2/h4-8,10,19H,3,9H2,1-2H3. The number of hydrogen-bond acceptors (Lipinski definition) is 4. The topological polar surface area (TPSA) is 76.9 Å². The van der Waals surface area contributed by atoms with E-state index in [1.807, 2.05) is 29.8 Å². The highest BCUT2D eigenvalue weighted by Crippen LogP contribution is 2.27. The second kappa shape index (κ2) is 6.51. The quantitative estimate of drug-likeness (QED) is 0.706. The van der Waals surface area contributed by atoms with Gasteiger partial charge in [-0.25, -0.2) is 18.1 Å². The number of rotatable bonds is 5. The van der Waals surface area contributed by atoms with Gasteiger partial charge in [-0.1, -0.05) is 11.6 Å². The first-order chi connectivity index (χ1) is 11.4. The van der Waals surface area contributed by atoms with Gasteiger partial charge in [0.2, 0.25) is 10.0 Å². The van der Waals surface area contributed by atoms with Gasteiger partial charge in [0.25, 0.3) is 0 Å². The largest absolute Gasteiger partial charge is 0.328 e. The molecule has 3 aromatic heterocycles. The van der Waals surface area contributed by atoms with Crippen LogP contribution in [0.5, 0.6) is 0 Å². The predicted molar refractivity (Wildman–Crippen MR) is 95.3 cm³/mol. The van der Waals surface area contributed by atoms with Crippen LogP contribution in [0, 0.1) is 0 Å². The average Bonchev–Trinajstić information content (AvgIpc) is 2.90. The number of nitrogens with one attached hydrogen (secondary N) is 1. The Morgan fingerprint density at radius 3 is 2.79 bits per heavy atom. The van der Waals surface area contributed by atoms with Crippen LogP contribution >= 0.6 is 11.6 Å². The number of halogens is 1. The first-order valence-corrected chi connectivity index (χ1v) is 9.46. The second-order valence-corrected chi connectivity index (χ2v) is 7.92. The van der Waals surface area contributed by atoms with Crippen molar-refractivity contribution < 1.29 is 8.42 Å². The number of fused-ring (bicyclic) bond motifs is 1. The highest BCUT2D eigenvalue weighted by Gasteiger charge is 2.11. The second-order valence-electron chi connectivity index (χ2n) is 5.44. The molecule has 0 fully saturated rings. The summed E-state index contributed by atoms with van der Waals surface area (Å²) in [5.41, 5.74) is 3.41. The summed E-state index contributed by atoms with van der Waals surface area (Å²) in [6, 6.07) is 7.60. The van der Waals surface area contributed by atoms with Crippen molar-refractivity contribution in [3.8, 4) is 11.3 Å². The molecule has 3 rings (SSSR count). The maximum Gasteiger partial charge on any atom is 0.211 e. The van der Waals surface area contributed by atoms with Crippen molar-refractivity contribution in [2.75, 3.05) is 5.75 Å². The van der Waals surface area contributed by atoms with E-state index < -0.39 is 10.0 Å². The Bertz CT molecular complexity index is 998. The van der Waals surface area contributed by atoms with Crippen LogP contribution in [0.2, 0.25) is 5.15 Å². The average molecular weight is 365 g/mol. The Morgan fingerprint density at radius 1 is 1.25 bits per heavy atom. The van der Waals surface area contributed by atoms with Crippen LogP contribution in [0.3, 0.4) is 0 Å². The molecule has 24 heavy (non-hydrogen) atoms. The Hall–Kier alpha value is -1.96. The minimum absolute atomic E-state index is 0.0513. The Balaban J connectivity index is 1.96. The van der Waals surface area contributed by atoms with E-state index >= 15 is 0 Å². The first-order valence-electron chi connectivity index (χ1n) is 7.43. The molecule has 0 atom stereocenters. The normalized spacial score (nSPS) is 12.0. The van der Waals surface area contributed by atoms with Crippen molar-refractivity contribution in [2.45, 2.75) is 13.5 Å². The lowest BCUT2D eigenvalue weighted by Crippen LogP contribution is -2.24. The molecule has 0 amide bonds. The molecule has 0 radical (unpaired) electrons. The molecule has 0 unspecified atom stereocenters. The Kier molecular flexibility index (Phi) is 4.58. The highest BCUT2D eigenvalue weighted by atomic mass is 35.5. The van der Waals surface area contributed by atoms with Gasteiger partial charge in [0.1, 0.15) is 10.8 Å². The summed E-state index contributed by atoms with van der Waals surface area (Å²) in [6.07, 6.45) is 3.40. The van der Waals surface area contributed by atoms with Crippen LogP contribution in [0.4, 0.5) is 0 Å². The third-order valence-electron chi connectivity index (χ3n) is 3.81. The number of aryl methyl sites for hydroxylation is 1. The fourth-order valence-electron chi connectivity index (χ4n) is 2.47. The van der Waals surface area contributed by atoms with Crippen LogP contribution < -0.4 is 4.72 Å². The summed E-state index contributed by atoms with van der Waals surface area (Å²) >= 11 is 5.97. The van der Waals surface area contributed by atoms with Gasteiger partial charge in [-0.05, 0) is 36.8 Å². The lowest BCUT2D eigenvalue weighted by Gasteiger charge is -2.07. The van der Waals surface area contributed by atoms with Gasteiger partial charge in [0.15, 0.2) is 0 Å². The molecule has 0 aliphatic heterocycles. The molecule has 0 bridgehead atoms. The van der Waals surface area contributed by atoms with E-state index in [9.17, 15) is 8.42 Å². The molecule has 8 heteroatoms. The minimum Gasteiger partial charge on any atom is -0.328 e. The number of sulfonamides is 1. The third kappa shape index (κ3) is 3.43. The van der Waals surface area contributed by atoms with Gasteiger partial charge in [0.05, 0.1) is 11.4 Å².